The molecule has 2 amide bonds. The van der Waals surface area contributed by atoms with Crippen molar-refractivity contribution in [2.45, 2.75) is 12.5 Å². The minimum Gasteiger partial charge on any atom is -0.394 e. The summed E-state index contributed by atoms with van der Waals surface area (Å²) in [7, 11) is 1.50. The van der Waals surface area contributed by atoms with Crippen LogP contribution in [0.2, 0.25) is 0 Å². The van der Waals surface area contributed by atoms with Crippen molar-refractivity contribution in [3.05, 3.63) is 12.2 Å². The van der Waals surface area contributed by atoms with Crippen LogP contribution in [0.25, 0.3) is 0 Å². The van der Waals surface area contributed by atoms with Crippen LogP contribution in [0.4, 0.5) is 0 Å². The summed E-state index contributed by atoms with van der Waals surface area (Å²) in [5.41, 5.74) is 0. The molecule has 1 aliphatic heterocycles. The number of ether oxygens (including phenoxy) is 1. The van der Waals surface area contributed by atoms with Crippen LogP contribution in [0.3, 0.4) is 0 Å². The summed E-state index contributed by atoms with van der Waals surface area (Å²) in [5.74, 6) is -0.223. The zero-order chi connectivity index (χ0) is 12.9. The monoisotopic (exact) mass is 251 g/mol. The number of fused-ring (bicyclic) bond motifs is 5. The van der Waals surface area contributed by atoms with Crippen LogP contribution < -0.4 is 0 Å². The average molecular weight is 251 g/mol. The van der Waals surface area contributed by atoms with Gasteiger partial charge in [-0.25, -0.2) is 0 Å². The SMILES string of the molecule is COCC(CO)N1C(=O)C2C3C=CC(C3)C2C1=O. The summed E-state index contributed by atoms with van der Waals surface area (Å²) in [6, 6.07) is -0.542. The number of aliphatic hydroxyl groups excluding tert-OH is 1. The molecule has 0 aromatic carbocycles. The molecule has 3 rings (SSSR count). The van der Waals surface area contributed by atoms with E-state index in [9.17, 15) is 14.7 Å². The van der Waals surface area contributed by atoms with Gasteiger partial charge in [-0.3, -0.25) is 14.5 Å². The lowest BCUT2D eigenvalue weighted by molar-refractivity contribution is -0.146. The highest BCUT2D eigenvalue weighted by atomic mass is 16.5. The average Bonchev–Trinajstić information content (AvgIpc) is 3.02. The van der Waals surface area contributed by atoms with Gasteiger partial charge in [0.2, 0.25) is 11.8 Å². The van der Waals surface area contributed by atoms with Gasteiger partial charge in [0.15, 0.2) is 0 Å². The summed E-state index contributed by atoms with van der Waals surface area (Å²) >= 11 is 0. The Bertz CT molecular complexity index is 389. The van der Waals surface area contributed by atoms with Gasteiger partial charge in [-0.1, -0.05) is 12.2 Å². The number of hydrogen-bond acceptors (Lipinski definition) is 4. The Morgan fingerprint density at radius 2 is 1.89 bits per heavy atom. The number of likely N-dealkylation sites (tertiary alicyclic amines) is 1. The second kappa shape index (κ2) is 4.17. The molecule has 2 aliphatic carbocycles. The molecule has 1 saturated heterocycles. The van der Waals surface area contributed by atoms with E-state index in [1.54, 1.807) is 0 Å². The van der Waals surface area contributed by atoms with Crippen LogP contribution in [-0.2, 0) is 14.3 Å². The van der Waals surface area contributed by atoms with Crippen molar-refractivity contribution in [3.8, 4) is 0 Å². The van der Waals surface area contributed by atoms with Crippen LogP contribution in [0.1, 0.15) is 6.42 Å². The van der Waals surface area contributed by atoms with E-state index in [0.717, 1.165) is 6.42 Å². The maximum atomic E-state index is 12.4. The Morgan fingerprint density at radius 3 is 2.33 bits per heavy atom. The smallest absolute Gasteiger partial charge is 0.234 e. The Morgan fingerprint density at radius 1 is 1.33 bits per heavy atom. The van der Waals surface area contributed by atoms with Crippen LogP contribution in [0.5, 0.6) is 0 Å². The van der Waals surface area contributed by atoms with E-state index in [2.05, 4.69) is 12.2 Å². The first-order valence-electron chi connectivity index (χ1n) is 6.34. The number of amides is 2. The van der Waals surface area contributed by atoms with Gasteiger partial charge in [0.1, 0.15) is 0 Å². The lowest BCUT2D eigenvalue weighted by Crippen LogP contribution is -2.46. The van der Waals surface area contributed by atoms with Gasteiger partial charge >= 0.3 is 0 Å². The van der Waals surface area contributed by atoms with Gasteiger partial charge < -0.3 is 9.84 Å². The number of allylic oxidation sites excluding steroid dienone is 2. The number of methoxy groups -OCH3 is 1. The second-order valence-electron chi connectivity index (χ2n) is 5.34. The molecule has 0 spiro atoms. The molecule has 0 radical (unpaired) electrons. The summed E-state index contributed by atoms with van der Waals surface area (Å²) in [4.78, 5) is 26.0. The van der Waals surface area contributed by atoms with Gasteiger partial charge in [-0.2, -0.15) is 0 Å². The molecule has 1 heterocycles. The number of aliphatic hydroxyl groups is 1. The Kier molecular flexibility index (Phi) is 2.75. The molecule has 0 aromatic rings. The summed E-state index contributed by atoms with van der Waals surface area (Å²) in [5, 5.41) is 9.32. The number of hydrogen-bond donors (Lipinski definition) is 1. The quantitative estimate of drug-likeness (QED) is 0.555. The van der Waals surface area contributed by atoms with Crippen molar-refractivity contribution in [1.82, 2.24) is 4.90 Å². The lowest BCUT2D eigenvalue weighted by Gasteiger charge is -2.25. The largest absolute Gasteiger partial charge is 0.394 e. The first kappa shape index (κ1) is 11.9. The van der Waals surface area contributed by atoms with Crippen molar-refractivity contribution in [1.29, 1.82) is 0 Å². The molecule has 5 nitrogen and oxygen atoms in total. The zero-order valence-electron chi connectivity index (χ0n) is 10.3. The fourth-order valence-electron chi connectivity index (χ4n) is 3.69. The van der Waals surface area contributed by atoms with Crippen molar-refractivity contribution < 1.29 is 19.4 Å². The van der Waals surface area contributed by atoms with E-state index in [4.69, 9.17) is 4.74 Å². The lowest BCUT2D eigenvalue weighted by atomic mass is 9.85. The third kappa shape index (κ3) is 1.40. The number of carbonyl (C=O) groups excluding carboxylic acids is 2. The molecular weight excluding hydrogens is 234 g/mol. The third-order valence-corrected chi connectivity index (χ3v) is 4.44. The predicted molar refractivity (Wildman–Crippen MR) is 62.3 cm³/mol. The molecule has 18 heavy (non-hydrogen) atoms. The summed E-state index contributed by atoms with van der Waals surface area (Å²) in [6.07, 6.45) is 5.05. The molecule has 1 saturated carbocycles. The van der Waals surface area contributed by atoms with Crippen molar-refractivity contribution in [2.24, 2.45) is 23.7 Å². The van der Waals surface area contributed by atoms with Gasteiger partial charge in [0.25, 0.3) is 0 Å². The molecule has 98 valence electrons. The Hall–Kier alpha value is -1.20. The minimum absolute atomic E-state index is 0.127. The first-order valence-corrected chi connectivity index (χ1v) is 6.34. The molecule has 2 bridgehead atoms. The van der Waals surface area contributed by atoms with E-state index in [-0.39, 0.29) is 48.7 Å². The number of imide groups is 1. The summed E-state index contributed by atoms with van der Waals surface area (Å²) in [6.45, 7) is -0.0519. The standard InChI is InChI=1S/C13H17NO4/c1-18-6-9(5-15)14-12(16)10-7-2-3-8(4-7)11(10)13(14)17/h2-3,7-11,15H,4-6H2,1H3. The van der Waals surface area contributed by atoms with Crippen molar-refractivity contribution in [2.75, 3.05) is 20.3 Å². The molecular formula is C13H17NO4. The van der Waals surface area contributed by atoms with Crippen molar-refractivity contribution in [3.63, 3.8) is 0 Å². The molecule has 2 fully saturated rings. The van der Waals surface area contributed by atoms with Crippen molar-refractivity contribution >= 4 is 11.8 Å². The normalized spacial score (nSPS) is 38.7. The molecule has 0 aromatic heterocycles. The zero-order valence-corrected chi connectivity index (χ0v) is 10.3. The Balaban J connectivity index is 1.87. The van der Waals surface area contributed by atoms with E-state index < -0.39 is 6.04 Å². The van der Waals surface area contributed by atoms with Gasteiger partial charge in [-0.05, 0) is 18.3 Å². The molecule has 3 aliphatic rings. The van der Waals surface area contributed by atoms with Gasteiger partial charge in [0, 0.05) is 7.11 Å². The van der Waals surface area contributed by atoms with Gasteiger partial charge in [-0.15, -0.1) is 0 Å². The first-order chi connectivity index (χ1) is 8.69. The van der Waals surface area contributed by atoms with Crippen LogP contribution in [0, 0.1) is 23.7 Å². The number of rotatable bonds is 4. The number of nitrogens with zero attached hydrogens (tertiary/aromatic N) is 1. The van der Waals surface area contributed by atoms with E-state index in [1.807, 2.05) is 0 Å². The molecule has 1 N–H and O–H groups in total. The highest BCUT2D eigenvalue weighted by Crippen LogP contribution is 2.52. The van der Waals surface area contributed by atoms with E-state index >= 15 is 0 Å². The summed E-state index contributed by atoms with van der Waals surface area (Å²) < 4.78 is 4.97. The fourth-order valence-corrected chi connectivity index (χ4v) is 3.69. The predicted octanol–water partition coefficient (Wildman–Crippen LogP) is -0.199. The molecule has 5 unspecified atom stereocenters. The Labute approximate surface area is 105 Å². The molecule has 5 atom stereocenters. The maximum absolute atomic E-state index is 12.4. The van der Waals surface area contributed by atoms with Crippen LogP contribution in [-0.4, -0.2) is 48.2 Å². The highest BCUT2D eigenvalue weighted by Gasteiger charge is 2.60. The molecule has 5 heteroatoms. The van der Waals surface area contributed by atoms with E-state index in [0.29, 0.717) is 0 Å². The fraction of sp³-hybridized carbons (Fsp3) is 0.692. The van der Waals surface area contributed by atoms with E-state index in [1.165, 1.54) is 12.0 Å². The van der Waals surface area contributed by atoms with Crippen LogP contribution in [0.15, 0.2) is 12.2 Å². The number of carbonyl (C=O) groups is 2. The third-order valence-electron chi connectivity index (χ3n) is 4.44. The topological polar surface area (TPSA) is 66.8 Å². The maximum Gasteiger partial charge on any atom is 0.234 e. The second-order valence-corrected chi connectivity index (χ2v) is 5.34. The highest BCUT2D eigenvalue weighted by molar-refractivity contribution is 6.06. The van der Waals surface area contributed by atoms with Gasteiger partial charge in [0.05, 0.1) is 31.1 Å². The minimum atomic E-state index is -0.542. The van der Waals surface area contributed by atoms with Crippen LogP contribution >= 0.6 is 0 Å².